The Bertz CT molecular complexity index is 710. The number of hydrogen-bond donors (Lipinski definition) is 0. The summed E-state index contributed by atoms with van der Waals surface area (Å²) in [5.74, 6) is 0.841. The second kappa shape index (κ2) is 8.39. The fraction of sp³-hybridized carbons (Fsp3) is 0.167. The van der Waals surface area contributed by atoms with Gasteiger partial charge in [-0.05, 0) is 29.8 Å². The topological polar surface area (TPSA) is 44.8 Å². The van der Waals surface area contributed by atoms with Crippen molar-refractivity contribution in [1.82, 2.24) is 0 Å². The Balaban J connectivity index is 1.97. The van der Waals surface area contributed by atoms with E-state index in [-0.39, 0.29) is 6.61 Å². The van der Waals surface area contributed by atoms with E-state index >= 15 is 0 Å². The molecule has 2 rings (SSSR count). The van der Waals surface area contributed by atoms with Gasteiger partial charge in [-0.3, -0.25) is 0 Å². The summed E-state index contributed by atoms with van der Waals surface area (Å²) in [7, 11) is 3.14. The van der Waals surface area contributed by atoms with E-state index in [1.54, 1.807) is 32.4 Å². The molecule has 23 heavy (non-hydrogen) atoms. The van der Waals surface area contributed by atoms with Crippen molar-refractivity contribution >= 4 is 28.0 Å². The zero-order valence-corrected chi connectivity index (χ0v) is 14.5. The Morgan fingerprint density at radius 2 is 1.83 bits per heavy atom. The molecular formula is C18H17BrO4. The Morgan fingerprint density at radius 3 is 2.52 bits per heavy atom. The van der Waals surface area contributed by atoms with Crippen LogP contribution in [0, 0.1) is 0 Å². The zero-order chi connectivity index (χ0) is 16.7. The van der Waals surface area contributed by atoms with E-state index in [4.69, 9.17) is 14.2 Å². The molecule has 5 heteroatoms. The maximum Gasteiger partial charge on any atom is 0.331 e. The third kappa shape index (κ3) is 4.86. The minimum atomic E-state index is -0.407. The smallest absolute Gasteiger partial charge is 0.331 e. The lowest BCUT2D eigenvalue weighted by atomic mass is 10.2. The monoisotopic (exact) mass is 376 g/mol. The fourth-order valence-corrected chi connectivity index (χ4v) is 2.33. The highest BCUT2D eigenvalue weighted by molar-refractivity contribution is 9.10. The van der Waals surface area contributed by atoms with Crippen LogP contribution in [0.3, 0.4) is 0 Å². The van der Waals surface area contributed by atoms with Crippen LogP contribution in [0.15, 0.2) is 53.0 Å². The SMILES string of the molecule is COc1ccc(/C=C/C(=O)OCc2ccccc2Br)cc1OC. The summed E-state index contributed by atoms with van der Waals surface area (Å²) in [4.78, 5) is 11.8. The zero-order valence-electron chi connectivity index (χ0n) is 12.9. The van der Waals surface area contributed by atoms with Crippen LogP contribution in [0.5, 0.6) is 11.5 Å². The van der Waals surface area contributed by atoms with E-state index < -0.39 is 5.97 Å². The third-order valence-electron chi connectivity index (χ3n) is 3.15. The molecule has 0 aromatic heterocycles. The van der Waals surface area contributed by atoms with Gasteiger partial charge in [-0.1, -0.05) is 40.2 Å². The van der Waals surface area contributed by atoms with Crippen LogP contribution >= 0.6 is 15.9 Å². The molecule has 0 N–H and O–H groups in total. The van der Waals surface area contributed by atoms with Crippen molar-refractivity contribution < 1.29 is 19.0 Å². The molecule has 0 radical (unpaired) electrons. The predicted octanol–water partition coefficient (Wildman–Crippen LogP) is 4.22. The maximum absolute atomic E-state index is 11.8. The molecule has 0 aliphatic heterocycles. The Morgan fingerprint density at radius 1 is 1.09 bits per heavy atom. The van der Waals surface area contributed by atoms with Gasteiger partial charge in [-0.15, -0.1) is 0 Å². The number of halogens is 1. The molecule has 0 spiro atoms. The summed E-state index contributed by atoms with van der Waals surface area (Å²) in [6, 6.07) is 13.0. The van der Waals surface area contributed by atoms with Gasteiger partial charge in [-0.25, -0.2) is 4.79 Å². The van der Waals surface area contributed by atoms with Crippen molar-refractivity contribution in [3.05, 3.63) is 64.1 Å². The van der Waals surface area contributed by atoms with E-state index in [0.29, 0.717) is 11.5 Å². The maximum atomic E-state index is 11.8. The molecule has 0 aliphatic rings. The number of methoxy groups -OCH3 is 2. The number of hydrogen-bond acceptors (Lipinski definition) is 4. The minimum absolute atomic E-state index is 0.219. The van der Waals surface area contributed by atoms with E-state index in [1.807, 2.05) is 30.3 Å². The molecule has 0 atom stereocenters. The summed E-state index contributed by atoms with van der Waals surface area (Å²) < 4.78 is 16.5. The predicted molar refractivity (Wildman–Crippen MR) is 92.5 cm³/mol. The molecule has 2 aromatic rings. The van der Waals surface area contributed by atoms with Crippen molar-refractivity contribution in [3.63, 3.8) is 0 Å². The average Bonchev–Trinajstić information content (AvgIpc) is 2.58. The Hall–Kier alpha value is -2.27. The normalized spacial score (nSPS) is 10.6. The third-order valence-corrected chi connectivity index (χ3v) is 3.92. The minimum Gasteiger partial charge on any atom is -0.493 e. The first kappa shape index (κ1) is 17.1. The van der Waals surface area contributed by atoms with Gasteiger partial charge in [0.05, 0.1) is 14.2 Å². The standard InChI is InChI=1S/C18H17BrO4/c1-21-16-9-7-13(11-17(16)22-2)8-10-18(20)23-12-14-5-3-4-6-15(14)19/h3-11H,12H2,1-2H3/b10-8+. The van der Waals surface area contributed by atoms with Crippen LogP contribution in [-0.4, -0.2) is 20.2 Å². The molecule has 0 fully saturated rings. The van der Waals surface area contributed by atoms with Gasteiger partial charge >= 0.3 is 5.97 Å². The van der Waals surface area contributed by atoms with Crippen molar-refractivity contribution in [2.75, 3.05) is 14.2 Å². The lowest BCUT2D eigenvalue weighted by molar-refractivity contribution is -0.138. The van der Waals surface area contributed by atoms with Gasteiger partial charge < -0.3 is 14.2 Å². The van der Waals surface area contributed by atoms with Gasteiger partial charge in [0, 0.05) is 16.1 Å². The first-order valence-corrected chi connectivity index (χ1v) is 7.73. The molecule has 0 heterocycles. The van der Waals surface area contributed by atoms with Crippen LogP contribution < -0.4 is 9.47 Å². The molecular weight excluding hydrogens is 360 g/mol. The molecule has 0 amide bonds. The van der Waals surface area contributed by atoms with Crippen LogP contribution in [0.4, 0.5) is 0 Å². The molecule has 120 valence electrons. The average molecular weight is 377 g/mol. The van der Waals surface area contributed by atoms with Crippen molar-refractivity contribution in [1.29, 1.82) is 0 Å². The van der Waals surface area contributed by atoms with E-state index in [1.165, 1.54) is 6.08 Å². The highest BCUT2D eigenvalue weighted by Gasteiger charge is 2.04. The summed E-state index contributed by atoms with van der Waals surface area (Å²) in [5, 5.41) is 0. The lowest BCUT2D eigenvalue weighted by Gasteiger charge is -2.07. The second-order valence-electron chi connectivity index (χ2n) is 4.65. The lowest BCUT2D eigenvalue weighted by Crippen LogP contribution is -2.01. The van der Waals surface area contributed by atoms with Crippen LogP contribution in [0.2, 0.25) is 0 Å². The largest absolute Gasteiger partial charge is 0.493 e. The number of carbonyl (C=O) groups excluding carboxylic acids is 1. The summed E-state index contributed by atoms with van der Waals surface area (Å²) in [6.45, 7) is 0.219. The van der Waals surface area contributed by atoms with Gasteiger partial charge in [0.2, 0.25) is 0 Å². The van der Waals surface area contributed by atoms with E-state index in [0.717, 1.165) is 15.6 Å². The molecule has 0 saturated heterocycles. The molecule has 4 nitrogen and oxygen atoms in total. The molecule has 0 aliphatic carbocycles. The van der Waals surface area contributed by atoms with Gasteiger partial charge in [0.25, 0.3) is 0 Å². The molecule has 0 bridgehead atoms. The number of benzene rings is 2. The fourth-order valence-electron chi connectivity index (χ4n) is 1.93. The van der Waals surface area contributed by atoms with Crippen molar-refractivity contribution in [2.24, 2.45) is 0 Å². The second-order valence-corrected chi connectivity index (χ2v) is 5.50. The molecule has 0 unspecified atom stereocenters. The molecule has 0 saturated carbocycles. The van der Waals surface area contributed by atoms with Crippen LogP contribution in [-0.2, 0) is 16.1 Å². The van der Waals surface area contributed by atoms with Crippen LogP contribution in [0.1, 0.15) is 11.1 Å². The quantitative estimate of drug-likeness (QED) is 0.559. The first-order chi connectivity index (χ1) is 11.1. The van der Waals surface area contributed by atoms with Crippen molar-refractivity contribution in [2.45, 2.75) is 6.61 Å². The van der Waals surface area contributed by atoms with Gasteiger partial charge in [0.15, 0.2) is 11.5 Å². The highest BCUT2D eigenvalue weighted by atomic mass is 79.9. The summed E-state index contributed by atoms with van der Waals surface area (Å²) in [5.41, 5.74) is 1.74. The summed E-state index contributed by atoms with van der Waals surface area (Å²) in [6.07, 6.45) is 3.06. The summed E-state index contributed by atoms with van der Waals surface area (Å²) >= 11 is 3.42. The number of rotatable bonds is 6. The van der Waals surface area contributed by atoms with Crippen LogP contribution in [0.25, 0.3) is 6.08 Å². The van der Waals surface area contributed by atoms with E-state index in [2.05, 4.69) is 15.9 Å². The number of carbonyl (C=O) groups is 1. The van der Waals surface area contributed by atoms with E-state index in [9.17, 15) is 4.79 Å². The highest BCUT2D eigenvalue weighted by Crippen LogP contribution is 2.28. The Kier molecular flexibility index (Phi) is 6.23. The van der Waals surface area contributed by atoms with Gasteiger partial charge in [-0.2, -0.15) is 0 Å². The Labute approximate surface area is 143 Å². The molecule has 2 aromatic carbocycles. The van der Waals surface area contributed by atoms with Crippen molar-refractivity contribution in [3.8, 4) is 11.5 Å². The van der Waals surface area contributed by atoms with Gasteiger partial charge in [0.1, 0.15) is 6.61 Å². The first-order valence-electron chi connectivity index (χ1n) is 6.94. The number of ether oxygens (including phenoxy) is 3. The number of esters is 1.